The Morgan fingerprint density at radius 1 is 1.04 bits per heavy atom. The van der Waals surface area contributed by atoms with Crippen molar-refractivity contribution in [1.82, 2.24) is 0 Å². The van der Waals surface area contributed by atoms with Gasteiger partial charge in [0.15, 0.2) is 0 Å². The highest BCUT2D eigenvalue weighted by Gasteiger charge is 2.39. The lowest BCUT2D eigenvalue weighted by Crippen LogP contribution is -2.24. The molecule has 0 spiro atoms. The molecule has 23 heavy (non-hydrogen) atoms. The summed E-state index contributed by atoms with van der Waals surface area (Å²) >= 11 is 3.27. The number of hydrogen-bond acceptors (Lipinski definition) is 1. The van der Waals surface area contributed by atoms with Crippen molar-refractivity contribution in [3.05, 3.63) is 70.2 Å². The Hall–Kier alpha value is -2.06. The molecule has 0 amide bonds. The Morgan fingerprint density at radius 3 is 2.22 bits per heavy atom. The fourth-order valence-corrected chi connectivity index (χ4v) is 2.20. The minimum atomic E-state index is -4.85. The van der Waals surface area contributed by atoms with Gasteiger partial charge in [-0.1, -0.05) is 58.1 Å². The highest BCUT2D eigenvalue weighted by molar-refractivity contribution is 9.10. The number of alkyl halides is 3. The number of carbonyl (C=O) groups is 1. The Balaban J connectivity index is 2.30. The van der Waals surface area contributed by atoms with E-state index in [4.69, 9.17) is 0 Å². The molecule has 1 atom stereocenters. The van der Waals surface area contributed by atoms with Crippen LogP contribution in [0.25, 0.3) is 0 Å². The molecule has 0 aliphatic rings. The molecule has 1 nitrogen and oxygen atoms in total. The molecule has 2 rings (SSSR count). The molecule has 0 radical (unpaired) electrons. The van der Waals surface area contributed by atoms with Crippen molar-refractivity contribution in [2.24, 2.45) is 0 Å². The first-order chi connectivity index (χ1) is 10.9. The Kier molecular flexibility index (Phi) is 5.62. The van der Waals surface area contributed by atoms with Crippen LogP contribution in [0.3, 0.4) is 0 Å². The summed E-state index contributed by atoms with van der Waals surface area (Å²) in [6.45, 7) is 0. The zero-order chi connectivity index (χ0) is 16.9. The van der Waals surface area contributed by atoms with Crippen LogP contribution in [0.2, 0.25) is 0 Å². The number of carbonyl (C=O) groups excluding carboxylic acids is 1. The number of Topliss-reactive ketones (excluding diaryl/α,β-unsaturated/α-hetero) is 1. The maximum Gasteiger partial charge on any atom is 0.450 e. The van der Waals surface area contributed by atoms with Gasteiger partial charge in [-0.25, -0.2) is 0 Å². The molecule has 0 unspecified atom stereocenters. The van der Waals surface area contributed by atoms with Crippen LogP contribution in [-0.4, -0.2) is 12.0 Å². The molecule has 0 bridgehead atoms. The molecule has 0 aromatic heterocycles. The van der Waals surface area contributed by atoms with E-state index in [1.54, 1.807) is 48.5 Å². The van der Waals surface area contributed by atoms with Crippen LogP contribution < -0.4 is 0 Å². The lowest BCUT2D eigenvalue weighted by atomic mass is 9.93. The summed E-state index contributed by atoms with van der Waals surface area (Å²) in [5.41, 5.74) is 1.27. The molecule has 0 saturated heterocycles. The molecule has 5 heteroatoms. The predicted molar refractivity (Wildman–Crippen MR) is 85.9 cm³/mol. The fourth-order valence-electron chi connectivity index (χ4n) is 1.94. The minimum Gasteiger partial charge on any atom is -0.290 e. The van der Waals surface area contributed by atoms with Crippen molar-refractivity contribution in [3.63, 3.8) is 0 Å². The molecule has 0 saturated carbocycles. The third-order valence-electron chi connectivity index (χ3n) is 3.14. The summed E-state index contributed by atoms with van der Waals surface area (Å²) in [4.78, 5) is 11.3. The number of rotatable bonds is 3. The van der Waals surface area contributed by atoms with Gasteiger partial charge < -0.3 is 0 Å². The summed E-state index contributed by atoms with van der Waals surface area (Å²) in [5.74, 6) is 3.04. The van der Waals surface area contributed by atoms with Crippen molar-refractivity contribution >= 4 is 21.7 Å². The lowest BCUT2D eigenvalue weighted by Gasteiger charge is -2.12. The van der Waals surface area contributed by atoms with Gasteiger partial charge in [-0.3, -0.25) is 4.79 Å². The first-order valence-electron chi connectivity index (χ1n) is 6.78. The van der Waals surface area contributed by atoms with Crippen LogP contribution in [0.15, 0.2) is 59.1 Å². The van der Waals surface area contributed by atoms with Gasteiger partial charge in [-0.05, 0) is 29.8 Å². The van der Waals surface area contributed by atoms with Gasteiger partial charge in [-0.2, -0.15) is 13.2 Å². The highest BCUT2D eigenvalue weighted by Crippen LogP contribution is 2.27. The molecular weight excluding hydrogens is 369 g/mol. The Bertz CT molecular complexity index is 725. The van der Waals surface area contributed by atoms with Crippen LogP contribution in [0.5, 0.6) is 0 Å². The highest BCUT2D eigenvalue weighted by atomic mass is 79.9. The Morgan fingerprint density at radius 2 is 1.65 bits per heavy atom. The minimum absolute atomic E-state index is 0.578. The van der Waals surface area contributed by atoms with Crippen LogP contribution >= 0.6 is 15.9 Å². The third kappa shape index (κ3) is 5.26. The molecule has 0 N–H and O–H groups in total. The lowest BCUT2D eigenvalue weighted by molar-refractivity contribution is -0.171. The van der Waals surface area contributed by atoms with Crippen molar-refractivity contribution in [3.8, 4) is 11.8 Å². The third-order valence-corrected chi connectivity index (χ3v) is 3.67. The number of benzene rings is 2. The molecule has 0 aliphatic carbocycles. The van der Waals surface area contributed by atoms with E-state index in [-0.39, 0.29) is 0 Å². The summed E-state index contributed by atoms with van der Waals surface area (Å²) in [6.07, 6.45) is -5.53. The van der Waals surface area contributed by atoms with Gasteiger partial charge >= 0.3 is 6.18 Å². The largest absolute Gasteiger partial charge is 0.450 e. The topological polar surface area (TPSA) is 17.1 Å². The first-order valence-corrected chi connectivity index (χ1v) is 7.57. The second-order valence-corrected chi connectivity index (χ2v) is 5.78. The normalized spacial score (nSPS) is 12.2. The van der Waals surface area contributed by atoms with Crippen molar-refractivity contribution in [2.45, 2.75) is 18.5 Å². The van der Waals surface area contributed by atoms with Crippen LogP contribution in [0.1, 0.15) is 23.5 Å². The van der Waals surface area contributed by atoms with E-state index in [0.717, 1.165) is 4.47 Å². The van der Waals surface area contributed by atoms with E-state index in [0.29, 0.717) is 11.1 Å². The zero-order valence-corrected chi connectivity index (χ0v) is 13.5. The maximum atomic E-state index is 12.5. The van der Waals surface area contributed by atoms with E-state index in [1.165, 1.54) is 0 Å². The molecule has 118 valence electrons. The molecule has 0 aliphatic heterocycles. The number of ketones is 1. The van der Waals surface area contributed by atoms with Crippen molar-refractivity contribution in [2.75, 3.05) is 0 Å². The predicted octanol–water partition coefficient (Wildman–Crippen LogP) is 5.11. The summed E-state index contributed by atoms with van der Waals surface area (Å²) in [7, 11) is 0. The summed E-state index contributed by atoms with van der Waals surface area (Å²) in [5, 5.41) is 0. The van der Waals surface area contributed by atoms with E-state index in [9.17, 15) is 18.0 Å². The smallest absolute Gasteiger partial charge is 0.290 e. The van der Waals surface area contributed by atoms with Gasteiger partial charge in [0.05, 0.1) is 5.92 Å². The van der Waals surface area contributed by atoms with E-state index < -0.39 is 24.3 Å². The van der Waals surface area contributed by atoms with Gasteiger partial charge in [0, 0.05) is 16.5 Å². The van der Waals surface area contributed by atoms with Gasteiger partial charge in [0.2, 0.25) is 5.78 Å². The van der Waals surface area contributed by atoms with E-state index >= 15 is 0 Å². The molecular formula is C18H12BrF3O. The van der Waals surface area contributed by atoms with E-state index in [1.807, 2.05) is 6.07 Å². The SMILES string of the molecule is O=C(C[C@@H](C#Cc1ccccc1)c1ccc(Br)cc1)C(F)(F)F. The van der Waals surface area contributed by atoms with Crippen LogP contribution in [0.4, 0.5) is 13.2 Å². The van der Waals surface area contributed by atoms with Gasteiger partial charge in [0.1, 0.15) is 0 Å². The summed E-state index contributed by atoms with van der Waals surface area (Å²) < 4.78 is 38.4. The van der Waals surface area contributed by atoms with Crippen LogP contribution in [0, 0.1) is 11.8 Å². The molecule has 2 aromatic carbocycles. The molecule has 0 heterocycles. The Labute approximate surface area is 140 Å². The average Bonchev–Trinajstić information content (AvgIpc) is 2.52. The number of hydrogen-bond donors (Lipinski definition) is 0. The van der Waals surface area contributed by atoms with Crippen molar-refractivity contribution < 1.29 is 18.0 Å². The van der Waals surface area contributed by atoms with Crippen LogP contribution in [-0.2, 0) is 4.79 Å². The van der Waals surface area contributed by atoms with Gasteiger partial charge in [-0.15, -0.1) is 0 Å². The first kappa shape index (κ1) is 17.3. The molecule has 2 aromatic rings. The monoisotopic (exact) mass is 380 g/mol. The molecule has 0 fully saturated rings. The van der Waals surface area contributed by atoms with Gasteiger partial charge in [0.25, 0.3) is 0 Å². The fraction of sp³-hybridized carbons (Fsp3) is 0.167. The standard InChI is InChI=1S/C18H12BrF3O/c19-16-10-8-14(9-11-16)15(12-17(23)18(20,21)22)7-6-13-4-2-1-3-5-13/h1-5,8-11,15H,12H2/t15-/m1/s1. The zero-order valence-electron chi connectivity index (χ0n) is 11.9. The second kappa shape index (κ2) is 7.47. The van der Waals surface area contributed by atoms with Crippen molar-refractivity contribution in [1.29, 1.82) is 0 Å². The number of halogens is 4. The second-order valence-electron chi connectivity index (χ2n) is 4.86. The average molecular weight is 381 g/mol. The van der Waals surface area contributed by atoms with E-state index in [2.05, 4.69) is 27.8 Å². The quantitative estimate of drug-likeness (QED) is 0.676. The summed E-state index contributed by atoms with van der Waals surface area (Å²) in [6, 6.07) is 15.7. The maximum absolute atomic E-state index is 12.5.